The van der Waals surface area contributed by atoms with Gasteiger partial charge in [-0.15, -0.1) is 0 Å². The predicted octanol–water partition coefficient (Wildman–Crippen LogP) is 2.81. The van der Waals surface area contributed by atoms with Gasteiger partial charge in [-0.1, -0.05) is 34.5 Å². The molecule has 1 amide bonds. The summed E-state index contributed by atoms with van der Waals surface area (Å²) >= 11 is 13.2. The number of aryl methyl sites for hydroxylation is 1. The molecule has 0 fully saturated rings. The van der Waals surface area contributed by atoms with Crippen LogP contribution in [0.15, 0.2) is 12.1 Å². The average molecular weight is 430 g/mol. The average Bonchev–Trinajstić information content (AvgIpc) is 3.15. The zero-order valence-electron chi connectivity index (χ0n) is 14.1. The third-order valence-corrected chi connectivity index (χ3v) is 5.48. The molecule has 27 heavy (non-hydrogen) atoms. The number of hydrogen-bond acceptors (Lipinski definition) is 5. The van der Waals surface area contributed by atoms with Crippen molar-refractivity contribution < 1.29 is 25.2 Å². The summed E-state index contributed by atoms with van der Waals surface area (Å²) in [5, 5.41) is 12.6. The molecule has 0 radical (unpaired) electrons. The fourth-order valence-electron chi connectivity index (χ4n) is 2.36. The third kappa shape index (κ3) is 3.86. The van der Waals surface area contributed by atoms with Crippen molar-refractivity contribution in [2.75, 3.05) is 18.5 Å². The molecule has 142 valence electrons. The number of nitrogens with zero attached hydrogens (tertiary/aromatic N) is 1. The highest BCUT2D eigenvalue weighted by Gasteiger charge is 2.20. The van der Waals surface area contributed by atoms with E-state index in [0.717, 1.165) is 11.3 Å². The van der Waals surface area contributed by atoms with Gasteiger partial charge >= 0.3 is 5.97 Å². The van der Waals surface area contributed by atoms with Crippen molar-refractivity contribution >= 4 is 61.8 Å². The van der Waals surface area contributed by atoms with Crippen LogP contribution >= 0.6 is 34.5 Å². The van der Waals surface area contributed by atoms with Gasteiger partial charge in [-0.05, 0) is 19.1 Å². The lowest BCUT2D eigenvalue weighted by Crippen LogP contribution is -2.52. The van der Waals surface area contributed by atoms with E-state index in [4.69, 9.17) is 27.9 Å². The maximum atomic E-state index is 12.5. The van der Waals surface area contributed by atoms with E-state index in [0.29, 0.717) is 34.8 Å². The van der Waals surface area contributed by atoms with Crippen molar-refractivity contribution in [1.29, 1.82) is 0 Å². The molecule has 2 heterocycles. The second kappa shape index (κ2) is 7.73. The van der Waals surface area contributed by atoms with E-state index in [-0.39, 0.29) is 26.4 Å². The molecule has 0 saturated heterocycles. The van der Waals surface area contributed by atoms with Crippen LogP contribution in [0.5, 0.6) is 5.75 Å². The monoisotopic (exact) mass is 429 g/mol. The van der Waals surface area contributed by atoms with E-state index >= 15 is 0 Å². The van der Waals surface area contributed by atoms with Crippen molar-refractivity contribution in [1.82, 2.24) is 9.97 Å². The van der Waals surface area contributed by atoms with E-state index in [1.165, 1.54) is 12.1 Å². The molecule has 6 N–H and O–H groups in total. The SMILES string of the molecule is Cc1[nH]c(C(=O)Nc2nc3c(OCC[NH3+])cc(C(=O)O)cc3s2)c(Cl)c1Cl. The van der Waals surface area contributed by atoms with Crippen molar-refractivity contribution in [3.05, 3.63) is 39.1 Å². The number of anilines is 1. The highest BCUT2D eigenvalue weighted by atomic mass is 35.5. The molecule has 8 nitrogen and oxygen atoms in total. The minimum atomic E-state index is -1.08. The lowest BCUT2D eigenvalue weighted by molar-refractivity contribution is -0.370. The molecular weight excluding hydrogens is 415 g/mol. The van der Waals surface area contributed by atoms with Gasteiger partial charge < -0.3 is 20.6 Å². The number of carboxylic acids is 1. The molecular formula is C16H15Cl2N4O4S+. The number of carbonyl (C=O) groups is 2. The Kier molecular flexibility index (Phi) is 5.56. The molecule has 0 saturated carbocycles. The second-order valence-corrected chi connectivity index (χ2v) is 7.34. The van der Waals surface area contributed by atoms with Gasteiger partial charge in [0, 0.05) is 5.69 Å². The van der Waals surface area contributed by atoms with Crippen molar-refractivity contribution in [3.63, 3.8) is 0 Å². The van der Waals surface area contributed by atoms with E-state index in [1.54, 1.807) is 6.92 Å². The number of fused-ring (bicyclic) bond motifs is 1. The van der Waals surface area contributed by atoms with Crippen molar-refractivity contribution in [2.24, 2.45) is 0 Å². The highest BCUT2D eigenvalue weighted by molar-refractivity contribution is 7.22. The lowest BCUT2D eigenvalue weighted by Gasteiger charge is -2.05. The van der Waals surface area contributed by atoms with Crippen LogP contribution in [0.2, 0.25) is 10.0 Å². The van der Waals surface area contributed by atoms with Gasteiger partial charge in [0.1, 0.15) is 30.1 Å². The van der Waals surface area contributed by atoms with Gasteiger partial charge in [0.05, 0.1) is 20.3 Å². The number of H-pyrrole nitrogens is 1. The summed E-state index contributed by atoms with van der Waals surface area (Å²) in [4.78, 5) is 31.0. The maximum Gasteiger partial charge on any atom is 0.335 e. The summed E-state index contributed by atoms with van der Waals surface area (Å²) in [6, 6.07) is 2.88. The summed E-state index contributed by atoms with van der Waals surface area (Å²) in [5.74, 6) is -1.27. The Morgan fingerprint density at radius 3 is 2.70 bits per heavy atom. The van der Waals surface area contributed by atoms with Gasteiger partial charge in [-0.25, -0.2) is 9.78 Å². The maximum absolute atomic E-state index is 12.5. The molecule has 3 aromatic rings. The van der Waals surface area contributed by atoms with Crippen LogP contribution in [0.25, 0.3) is 10.2 Å². The number of hydrogen-bond donors (Lipinski definition) is 4. The van der Waals surface area contributed by atoms with E-state index in [2.05, 4.69) is 21.0 Å². The van der Waals surface area contributed by atoms with Crippen LogP contribution in [0, 0.1) is 6.92 Å². The van der Waals surface area contributed by atoms with Crippen LogP contribution in [0.3, 0.4) is 0 Å². The zero-order valence-corrected chi connectivity index (χ0v) is 16.4. The Morgan fingerprint density at radius 2 is 2.11 bits per heavy atom. The first-order valence-corrected chi connectivity index (χ1v) is 9.34. The van der Waals surface area contributed by atoms with Crippen molar-refractivity contribution in [3.8, 4) is 5.75 Å². The number of aromatic carboxylic acids is 1. The summed E-state index contributed by atoms with van der Waals surface area (Å²) in [5.41, 5.74) is 4.92. The number of carboxylic acid groups (broad SMARTS) is 1. The number of amides is 1. The summed E-state index contributed by atoms with van der Waals surface area (Å²) in [6.07, 6.45) is 0. The first-order valence-electron chi connectivity index (χ1n) is 7.76. The van der Waals surface area contributed by atoms with E-state index < -0.39 is 11.9 Å². The molecule has 0 aliphatic rings. The highest BCUT2D eigenvalue weighted by Crippen LogP contribution is 2.35. The molecule has 0 aliphatic heterocycles. The van der Waals surface area contributed by atoms with Gasteiger partial charge in [0.2, 0.25) is 0 Å². The number of carbonyl (C=O) groups excluding carboxylic acids is 1. The third-order valence-electron chi connectivity index (χ3n) is 3.61. The Bertz CT molecular complexity index is 1050. The molecule has 0 aliphatic carbocycles. The summed E-state index contributed by atoms with van der Waals surface area (Å²) in [7, 11) is 0. The van der Waals surface area contributed by atoms with Crippen LogP contribution in [-0.4, -0.2) is 40.1 Å². The summed E-state index contributed by atoms with van der Waals surface area (Å²) < 4.78 is 6.13. The van der Waals surface area contributed by atoms with E-state index in [9.17, 15) is 14.7 Å². The number of halogens is 2. The van der Waals surface area contributed by atoms with Gasteiger partial charge in [-0.2, -0.15) is 0 Å². The first kappa shape index (κ1) is 19.4. The molecule has 2 aromatic heterocycles. The quantitative estimate of drug-likeness (QED) is 0.478. The van der Waals surface area contributed by atoms with Gasteiger partial charge in [0.15, 0.2) is 5.13 Å². The number of aromatic nitrogens is 2. The van der Waals surface area contributed by atoms with Crippen LogP contribution in [0.4, 0.5) is 5.13 Å². The Labute approximate surface area is 167 Å². The summed E-state index contributed by atoms with van der Waals surface area (Å²) in [6.45, 7) is 2.52. The molecule has 0 bridgehead atoms. The van der Waals surface area contributed by atoms with Crippen LogP contribution in [0.1, 0.15) is 26.5 Å². The minimum absolute atomic E-state index is 0.0675. The Balaban J connectivity index is 1.96. The fraction of sp³-hybridized carbons (Fsp3) is 0.188. The number of ether oxygens (including phenoxy) is 1. The second-order valence-electron chi connectivity index (χ2n) is 5.55. The fourth-order valence-corrected chi connectivity index (χ4v) is 3.69. The Morgan fingerprint density at radius 1 is 1.37 bits per heavy atom. The number of rotatable bonds is 6. The first-order chi connectivity index (χ1) is 12.8. The number of nitrogens with one attached hydrogen (secondary N) is 2. The minimum Gasteiger partial charge on any atom is -0.485 e. The number of thiazole rings is 1. The molecule has 1 aromatic carbocycles. The normalized spacial score (nSPS) is 11.0. The predicted molar refractivity (Wildman–Crippen MR) is 103 cm³/mol. The number of benzene rings is 1. The van der Waals surface area contributed by atoms with Gasteiger partial charge in [0.25, 0.3) is 5.91 Å². The largest absolute Gasteiger partial charge is 0.485 e. The topological polar surface area (TPSA) is 132 Å². The number of quaternary nitrogens is 1. The Hall–Kier alpha value is -2.33. The molecule has 3 rings (SSSR count). The zero-order chi connectivity index (χ0) is 19.7. The molecule has 11 heteroatoms. The number of aromatic amines is 1. The van der Waals surface area contributed by atoms with Gasteiger partial charge in [-0.3, -0.25) is 10.1 Å². The van der Waals surface area contributed by atoms with Crippen LogP contribution < -0.4 is 15.8 Å². The smallest absolute Gasteiger partial charge is 0.335 e. The van der Waals surface area contributed by atoms with Crippen LogP contribution in [-0.2, 0) is 0 Å². The molecule has 0 spiro atoms. The standard InChI is InChI=1S/C16H14Cl2N4O4S/c1-6-10(17)11(18)13(20-6)14(23)22-16-21-12-8(26-3-2-19)4-7(15(24)25)5-9(12)27-16/h4-5,20H,2-3,19H2,1H3,(H,24,25)(H,21,22,23)/p+1. The van der Waals surface area contributed by atoms with Crippen molar-refractivity contribution in [2.45, 2.75) is 6.92 Å². The van der Waals surface area contributed by atoms with E-state index in [1.807, 2.05) is 0 Å². The molecule has 0 unspecified atom stereocenters. The molecule has 0 atom stereocenters. The lowest BCUT2D eigenvalue weighted by atomic mass is 10.2.